The Kier molecular flexibility index (Phi) is 2.71. The second kappa shape index (κ2) is 4.83. The Morgan fingerprint density at radius 2 is 1.57 bits per heavy atom. The number of nitrogens with zero attached hydrogens (tertiary/aromatic N) is 4. The van der Waals surface area contributed by atoms with Gasteiger partial charge >= 0.3 is 0 Å². The fraction of sp³-hybridized carbons (Fsp3) is 0. The molecular formula is C17H12N4. The van der Waals surface area contributed by atoms with Gasteiger partial charge in [-0.15, -0.1) is 5.10 Å². The molecule has 0 saturated carbocycles. The Bertz CT molecular complexity index is 897. The van der Waals surface area contributed by atoms with Crippen molar-refractivity contribution in [2.45, 2.75) is 0 Å². The van der Waals surface area contributed by atoms with Gasteiger partial charge in [-0.2, -0.15) is 0 Å². The molecule has 2 aromatic heterocycles. The average molecular weight is 272 g/mol. The Labute approximate surface area is 121 Å². The summed E-state index contributed by atoms with van der Waals surface area (Å²) >= 11 is 0. The first-order chi connectivity index (χ1) is 10.4. The summed E-state index contributed by atoms with van der Waals surface area (Å²) < 4.78 is 1.80. The highest BCUT2D eigenvalue weighted by Crippen LogP contribution is 2.22. The molecule has 4 rings (SSSR count). The van der Waals surface area contributed by atoms with Crippen molar-refractivity contribution >= 4 is 10.9 Å². The molecular weight excluding hydrogens is 260 g/mol. The predicted octanol–water partition coefficient (Wildman–Crippen LogP) is 3.48. The van der Waals surface area contributed by atoms with Crippen LogP contribution >= 0.6 is 0 Å². The zero-order valence-electron chi connectivity index (χ0n) is 11.2. The van der Waals surface area contributed by atoms with Crippen LogP contribution in [0.15, 0.2) is 72.9 Å². The van der Waals surface area contributed by atoms with Crippen LogP contribution in [-0.2, 0) is 0 Å². The van der Waals surface area contributed by atoms with Crippen LogP contribution in [0.2, 0.25) is 0 Å². The highest BCUT2D eigenvalue weighted by Gasteiger charge is 2.10. The molecule has 21 heavy (non-hydrogen) atoms. The van der Waals surface area contributed by atoms with Crippen molar-refractivity contribution in [3.8, 4) is 17.1 Å². The first kappa shape index (κ1) is 11.8. The van der Waals surface area contributed by atoms with E-state index < -0.39 is 0 Å². The van der Waals surface area contributed by atoms with E-state index in [-0.39, 0.29) is 0 Å². The van der Waals surface area contributed by atoms with E-state index in [4.69, 9.17) is 4.98 Å². The maximum Gasteiger partial charge on any atom is 0.113 e. The summed E-state index contributed by atoms with van der Waals surface area (Å²) in [5, 5.41) is 9.32. The Morgan fingerprint density at radius 1 is 0.762 bits per heavy atom. The lowest BCUT2D eigenvalue weighted by Gasteiger charge is -2.06. The van der Waals surface area contributed by atoms with E-state index in [1.54, 1.807) is 10.9 Å². The van der Waals surface area contributed by atoms with Crippen LogP contribution in [-0.4, -0.2) is 20.0 Å². The quantitative estimate of drug-likeness (QED) is 0.561. The molecule has 4 heteroatoms. The van der Waals surface area contributed by atoms with Crippen molar-refractivity contribution in [1.29, 1.82) is 0 Å². The molecule has 0 aliphatic heterocycles. The molecule has 4 nitrogen and oxygen atoms in total. The molecule has 0 unspecified atom stereocenters. The maximum absolute atomic E-state index is 4.70. The number of fused-ring (bicyclic) bond motifs is 1. The van der Waals surface area contributed by atoms with Crippen molar-refractivity contribution in [3.63, 3.8) is 0 Å². The molecule has 100 valence electrons. The van der Waals surface area contributed by atoms with Crippen LogP contribution in [0.4, 0.5) is 0 Å². The lowest BCUT2D eigenvalue weighted by molar-refractivity contribution is 0.806. The largest absolute Gasteiger partial charge is 0.246 e. The van der Waals surface area contributed by atoms with E-state index in [0.717, 1.165) is 28.0 Å². The Morgan fingerprint density at radius 3 is 2.48 bits per heavy atom. The number of para-hydroxylation sites is 2. The second-order valence-electron chi connectivity index (χ2n) is 4.76. The number of hydrogen-bond donors (Lipinski definition) is 0. The van der Waals surface area contributed by atoms with E-state index in [0.29, 0.717) is 0 Å². The van der Waals surface area contributed by atoms with Gasteiger partial charge in [0.2, 0.25) is 0 Å². The molecule has 2 heterocycles. The van der Waals surface area contributed by atoms with E-state index >= 15 is 0 Å². The van der Waals surface area contributed by atoms with Gasteiger partial charge in [0.1, 0.15) is 5.69 Å². The zero-order chi connectivity index (χ0) is 14.1. The Hall–Kier alpha value is -3.01. The van der Waals surface area contributed by atoms with Crippen LogP contribution in [0.3, 0.4) is 0 Å². The number of pyridine rings is 1. The topological polar surface area (TPSA) is 43.6 Å². The van der Waals surface area contributed by atoms with Gasteiger partial charge in [0.15, 0.2) is 0 Å². The summed E-state index contributed by atoms with van der Waals surface area (Å²) in [6.45, 7) is 0. The van der Waals surface area contributed by atoms with Crippen LogP contribution in [0.25, 0.3) is 28.0 Å². The highest BCUT2D eigenvalue weighted by molar-refractivity contribution is 5.81. The van der Waals surface area contributed by atoms with Crippen molar-refractivity contribution in [2.24, 2.45) is 0 Å². The summed E-state index contributed by atoms with van der Waals surface area (Å²) in [5.74, 6) is 0. The lowest BCUT2D eigenvalue weighted by Crippen LogP contribution is -2.00. The summed E-state index contributed by atoms with van der Waals surface area (Å²) in [4.78, 5) is 4.70. The maximum atomic E-state index is 4.70. The monoisotopic (exact) mass is 272 g/mol. The fourth-order valence-corrected chi connectivity index (χ4v) is 2.38. The summed E-state index contributed by atoms with van der Waals surface area (Å²) in [7, 11) is 0. The normalized spacial score (nSPS) is 10.9. The minimum absolute atomic E-state index is 0.863. The number of hydrogen-bond acceptors (Lipinski definition) is 3. The first-order valence-corrected chi connectivity index (χ1v) is 6.74. The third-order valence-electron chi connectivity index (χ3n) is 3.41. The van der Waals surface area contributed by atoms with Crippen LogP contribution in [0.5, 0.6) is 0 Å². The van der Waals surface area contributed by atoms with Crippen molar-refractivity contribution < 1.29 is 0 Å². The zero-order valence-corrected chi connectivity index (χ0v) is 11.2. The summed E-state index contributed by atoms with van der Waals surface area (Å²) in [6, 6.07) is 22.1. The van der Waals surface area contributed by atoms with Gasteiger partial charge in [-0.1, -0.05) is 47.7 Å². The SMILES string of the molecule is c1ccc(-n2nncc2-c2ccc3ccccc3n2)cc1. The highest BCUT2D eigenvalue weighted by atomic mass is 15.4. The van der Waals surface area contributed by atoms with Gasteiger partial charge in [0, 0.05) is 5.39 Å². The Balaban J connectivity index is 1.88. The third-order valence-corrected chi connectivity index (χ3v) is 3.41. The van der Waals surface area contributed by atoms with Crippen LogP contribution in [0.1, 0.15) is 0 Å². The molecule has 0 spiro atoms. The third kappa shape index (κ3) is 2.07. The van der Waals surface area contributed by atoms with Crippen LogP contribution < -0.4 is 0 Å². The van der Waals surface area contributed by atoms with E-state index in [9.17, 15) is 0 Å². The standard InChI is InChI=1S/C17H12N4/c1-2-7-14(8-3-1)21-17(12-18-20-21)16-11-10-13-6-4-5-9-15(13)19-16/h1-12H. The minimum Gasteiger partial charge on any atom is -0.246 e. The smallest absolute Gasteiger partial charge is 0.113 e. The molecule has 0 saturated heterocycles. The fourth-order valence-electron chi connectivity index (χ4n) is 2.38. The summed E-state index contributed by atoms with van der Waals surface area (Å²) in [5.41, 5.74) is 3.69. The molecule has 0 N–H and O–H groups in total. The molecule has 0 fully saturated rings. The molecule has 0 aliphatic rings. The van der Waals surface area contributed by atoms with Gasteiger partial charge in [-0.25, -0.2) is 9.67 Å². The van der Waals surface area contributed by atoms with Crippen molar-refractivity contribution in [1.82, 2.24) is 20.0 Å². The second-order valence-corrected chi connectivity index (χ2v) is 4.76. The molecule has 0 aliphatic carbocycles. The summed E-state index contributed by atoms with van der Waals surface area (Å²) in [6.07, 6.45) is 1.74. The molecule has 0 amide bonds. The molecule has 2 aromatic carbocycles. The van der Waals surface area contributed by atoms with Gasteiger partial charge in [-0.3, -0.25) is 0 Å². The van der Waals surface area contributed by atoms with Gasteiger partial charge < -0.3 is 0 Å². The predicted molar refractivity (Wildman–Crippen MR) is 82.1 cm³/mol. The first-order valence-electron chi connectivity index (χ1n) is 6.74. The molecule has 0 radical (unpaired) electrons. The van der Waals surface area contributed by atoms with Crippen molar-refractivity contribution in [3.05, 3.63) is 72.9 Å². The average Bonchev–Trinajstić information content (AvgIpc) is 3.05. The van der Waals surface area contributed by atoms with Crippen molar-refractivity contribution in [2.75, 3.05) is 0 Å². The molecule has 0 atom stereocenters. The van der Waals surface area contributed by atoms with E-state index in [1.165, 1.54) is 0 Å². The van der Waals surface area contributed by atoms with Crippen LogP contribution in [0, 0.1) is 0 Å². The van der Waals surface area contributed by atoms with E-state index in [1.807, 2.05) is 54.6 Å². The number of benzene rings is 2. The molecule has 0 bridgehead atoms. The van der Waals surface area contributed by atoms with Gasteiger partial charge in [0.05, 0.1) is 23.1 Å². The van der Waals surface area contributed by atoms with Gasteiger partial charge in [0.25, 0.3) is 0 Å². The molecule has 4 aromatic rings. The number of aromatic nitrogens is 4. The lowest BCUT2D eigenvalue weighted by atomic mass is 10.2. The number of rotatable bonds is 2. The van der Waals surface area contributed by atoms with Gasteiger partial charge in [-0.05, 0) is 24.3 Å². The van der Waals surface area contributed by atoms with E-state index in [2.05, 4.69) is 22.4 Å². The minimum atomic E-state index is 0.863.